The molecule has 2 heterocycles. The molecular formula is C17H20N4O2. The topological polar surface area (TPSA) is 78.4 Å². The minimum atomic E-state index is -0.930. The van der Waals surface area contributed by atoms with Crippen LogP contribution in [-0.2, 0) is 0 Å². The molecule has 0 saturated carbocycles. The summed E-state index contributed by atoms with van der Waals surface area (Å²) < 4.78 is 0. The van der Waals surface area contributed by atoms with Crippen molar-refractivity contribution in [2.75, 3.05) is 23.3 Å². The second-order valence-corrected chi connectivity index (χ2v) is 5.94. The second kappa shape index (κ2) is 6.64. The van der Waals surface area contributed by atoms with Crippen molar-refractivity contribution in [2.24, 2.45) is 5.92 Å². The molecule has 0 unspecified atom stereocenters. The number of nitrogens with one attached hydrogen (secondary N) is 1. The molecule has 1 fully saturated rings. The van der Waals surface area contributed by atoms with E-state index in [1.54, 1.807) is 30.6 Å². The normalized spacial score (nSPS) is 15.4. The maximum Gasteiger partial charge on any atom is 0.335 e. The average molecular weight is 312 g/mol. The van der Waals surface area contributed by atoms with Gasteiger partial charge in [0, 0.05) is 24.8 Å². The van der Waals surface area contributed by atoms with Crippen molar-refractivity contribution in [1.29, 1.82) is 0 Å². The van der Waals surface area contributed by atoms with Gasteiger partial charge in [0.25, 0.3) is 0 Å². The maximum absolute atomic E-state index is 10.9. The lowest BCUT2D eigenvalue weighted by atomic mass is 9.99. The number of aromatic carboxylic acids is 1. The van der Waals surface area contributed by atoms with Crippen LogP contribution >= 0.6 is 0 Å². The molecule has 0 bridgehead atoms. The fraction of sp³-hybridized carbons (Fsp3) is 0.353. The lowest BCUT2D eigenvalue weighted by Gasteiger charge is -2.31. The van der Waals surface area contributed by atoms with Crippen LogP contribution in [0.1, 0.15) is 30.1 Å². The molecule has 6 nitrogen and oxygen atoms in total. The van der Waals surface area contributed by atoms with Crippen molar-refractivity contribution in [3.8, 4) is 0 Å². The summed E-state index contributed by atoms with van der Waals surface area (Å²) >= 11 is 0. The maximum atomic E-state index is 10.9. The number of hydrogen-bond acceptors (Lipinski definition) is 5. The van der Waals surface area contributed by atoms with Gasteiger partial charge in [-0.15, -0.1) is 0 Å². The number of carbonyl (C=O) groups is 1. The second-order valence-electron chi connectivity index (χ2n) is 5.94. The first-order valence-electron chi connectivity index (χ1n) is 7.79. The third kappa shape index (κ3) is 3.77. The number of piperidine rings is 1. The van der Waals surface area contributed by atoms with Crippen molar-refractivity contribution >= 4 is 23.3 Å². The molecule has 6 heteroatoms. The van der Waals surface area contributed by atoms with Crippen LogP contribution in [0.2, 0.25) is 0 Å². The van der Waals surface area contributed by atoms with Gasteiger partial charge in [0.05, 0.1) is 5.56 Å². The summed E-state index contributed by atoms with van der Waals surface area (Å²) in [5.41, 5.74) is 1.06. The summed E-state index contributed by atoms with van der Waals surface area (Å²) in [6.07, 6.45) is 3.92. The largest absolute Gasteiger partial charge is 0.478 e. The first-order chi connectivity index (χ1) is 11.1. The lowest BCUT2D eigenvalue weighted by Crippen LogP contribution is -2.33. The summed E-state index contributed by atoms with van der Waals surface area (Å²) in [4.78, 5) is 21.7. The Morgan fingerprint density at radius 2 is 1.91 bits per heavy atom. The molecule has 0 atom stereocenters. The van der Waals surface area contributed by atoms with Gasteiger partial charge < -0.3 is 15.3 Å². The zero-order valence-corrected chi connectivity index (χ0v) is 13.1. The number of carboxylic acids is 1. The molecule has 23 heavy (non-hydrogen) atoms. The van der Waals surface area contributed by atoms with Crippen LogP contribution in [0, 0.1) is 5.92 Å². The predicted molar refractivity (Wildman–Crippen MR) is 89.3 cm³/mol. The summed E-state index contributed by atoms with van der Waals surface area (Å²) in [5, 5.41) is 12.1. The zero-order chi connectivity index (χ0) is 16.2. The Bertz CT molecular complexity index is 679. The lowest BCUT2D eigenvalue weighted by molar-refractivity contribution is 0.0697. The van der Waals surface area contributed by atoms with E-state index in [2.05, 4.69) is 27.1 Å². The van der Waals surface area contributed by atoms with Crippen LogP contribution in [0.5, 0.6) is 0 Å². The molecule has 0 spiro atoms. The number of benzene rings is 1. The van der Waals surface area contributed by atoms with Crippen molar-refractivity contribution in [3.63, 3.8) is 0 Å². The van der Waals surface area contributed by atoms with E-state index in [0.717, 1.165) is 30.5 Å². The van der Waals surface area contributed by atoms with E-state index in [9.17, 15) is 4.79 Å². The monoisotopic (exact) mass is 312 g/mol. The van der Waals surface area contributed by atoms with E-state index in [-0.39, 0.29) is 5.56 Å². The van der Waals surface area contributed by atoms with Crippen molar-refractivity contribution in [2.45, 2.75) is 19.8 Å². The minimum Gasteiger partial charge on any atom is -0.478 e. The molecule has 1 aliphatic heterocycles. The van der Waals surface area contributed by atoms with Crippen LogP contribution in [-0.4, -0.2) is 34.1 Å². The number of aromatic nitrogens is 2. The Labute approximate surface area is 135 Å². The fourth-order valence-electron chi connectivity index (χ4n) is 2.67. The van der Waals surface area contributed by atoms with Gasteiger partial charge in [-0.2, -0.15) is 0 Å². The molecule has 2 N–H and O–H groups in total. The Kier molecular flexibility index (Phi) is 4.41. The first-order valence-corrected chi connectivity index (χ1v) is 7.79. The molecular weight excluding hydrogens is 292 g/mol. The van der Waals surface area contributed by atoms with Gasteiger partial charge in [-0.05, 0) is 43.0 Å². The van der Waals surface area contributed by atoms with Gasteiger partial charge in [-0.1, -0.05) is 6.92 Å². The summed E-state index contributed by atoms with van der Waals surface area (Å²) in [6, 6.07) is 8.53. The van der Waals surface area contributed by atoms with Gasteiger partial charge in [-0.3, -0.25) is 0 Å². The van der Waals surface area contributed by atoms with Gasteiger partial charge in [0.1, 0.15) is 18.0 Å². The van der Waals surface area contributed by atoms with E-state index in [1.165, 1.54) is 12.8 Å². The summed E-state index contributed by atoms with van der Waals surface area (Å²) in [5.74, 6) is 1.48. The zero-order valence-electron chi connectivity index (χ0n) is 13.1. The van der Waals surface area contributed by atoms with Crippen molar-refractivity contribution in [3.05, 3.63) is 42.2 Å². The van der Waals surface area contributed by atoms with Gasteiger partial charge in [0.2, 0.25) is 0 Å². The number of nitrogens with zero attached hydrogens (tertiary/aromatic N) is 3. The van der Waals surface area contributed by atoms with Gasteiger partial charge in [0.15, 0.2) is 0 Å². The average Bonchev–Trinajstić information content (AvgIpc) is 2.56. The molecule has 3 rings (SSSR count). The highest BCUT2D eigenvalue weighted by Gasteiger charge is 2.17. The first kappa shape index (κ1) is 15.3. The quantitative estimate of drug-likeness (QED) is 0.903. The third-order valence-electron chi connectivity index (χ3n) is 4.16. The smallest absolute Gasteiger partial charge is 0.335 e. The molecule has 2 aromatic rings. The van der Waals surface area contributed by atoms with E-state index >= 15 is 0 Å². The predicted octanol–water partition coefficient (Wildman–Crippen LogP) is 3.15. The van der Waals surface area contributed by atoms with E-state index in [4.69, 9.17) is 5.11 Å². The van der Waals surface area contributed by atoms with Crippen LogP contribution in [0.4, 0.5) is 17.3 Å². The molecule has 1 aromatic carbocycles. The number of hydrogen-bond donors (Lipinski definition) is 2. The highest BCUT2D eigenvalue weighted by Crippen LogP contribution is 2.23. The standard InChI is InChI=1S/C17H20N4O2/c1-12-6-8-21(9-7-12)16-10-15(18-11-19-16)20-14-4-2-13(3-5-14)17(22)23/h2-5,10-12H,6-9H2,1H3,(H,22,23)(H,18,19,20). The van der Waals surface area contributed by atoms with E-state index < -0.39 is 5.97 Å². The SMILES string of the molecule is CC1CCN(c2cc(Nc3ccc(C(=O)O)cc3)ncn2)CC1. The Morgan fingerprint density at radius 3 is 2.57 bits per heavy atom. The molecule has 0 aliphatic carbocycles. The van der Waals surface area contributed by atoms with Crippen molar-refractivity contribution in [1.82, 2.24) is 9.97 Å². The van der Waals surface area contributed by atoms with Crippen LogP contribution in [0.3, 0.4) is 0 Å². The summed E-state index contributed by atoms with van der Waals surface area (Å²) in [7, 11) is 0. The number of carboxylic acid groups (broad SMARTS) is 1. The summed E-state index contributed by atoms with van der Waals surface area (Å²) in [6.45, 7) is 4.32. The van der Waals surface area contributed by atoms with E-state index in [0.29, 0.717) is 5.82 Å². The Hall–Kier alpha value is -2.63. The van der Waals surface area contributed by atoms with Crippen LogP contribution < -0.4 is 10.2 Å². The highest BCUT2D eigenvalue weighted by atomic mass is 16.4. The molecule has 1 aliphatic rings. The van der Waals surface area contributed by atoms with Crippen LogP contribution in [0.15, 0.2) is 36.7 Å². The number of anilines is 3. The van der Waals surface area contributed by atoms with E-state index in [1.807, 2.05) is 6.07 Å². The Balaban J connectivity index is 1.71. The van der Waals surface area contributed by atoms with Gasteiger partial charge in [-0.25, -0.2) is 14.8 Å². The fourth-order valence-corrected chi connectivity index (χ4v) is 2.67. The highest BCUT2D eigenvalue weighted by molar-refractivity contribution is 5.88. The molecule has 0 amide bonds. The number of rotatable bonds is 4. The van der Waals surface area contributed by atoms with Gasteiger partial charge >= 0.3 is 5.97 Å². The molecule has 120 valence electrons. The van der Waals surface area contributed by atoms with Crippen LogP contribution in [0.25, 0.3) is 0 Å². The molecule has 0 radical (unpaired) electrons. The Morgan fingerprint density at radius 1 is 1.22 bits per heavy atom. The molecule has 1 saturated heterocycles. The minimum absolute atomic E-state index is 0.265. The molecule has 1 aromatic heterocycles. The third-order valence-corrected chi connectivity index (χ3v) is 4.16. The van der Waals surface area contributed by atoms with Crippen molar-refractivity contribution < 1.29 is 9.90 Å².